The Morgan fingerprint density at radius 1 is 1.33 bits per heavy atom. The topological polar surface area (TPSA) is 60.0 Å². The molecule has 2 aromatic heterocycles. The SMILES string of the molecule is CC(C)N1CCn2c(nc3cc(Cl)c(N)nc32)C1. The van der Waals surface area contributed by atoms with Crippen LogP contribution in [0.25, 0.3) is 11.2 Å². The number of nitrogens with zero attached hydrogens (tertiary/aromatic N) is 4. The Morgan fingerprint density at radius 2 is 2.11 bits per heavy atom. The van der Waals surface area contributed by atoms with E-state index in [1.54, 1.807) is 6.07 Å². The van der Waals surface area contributed by atoms with Gasteiger partial charge in [-0.2, -0.15) is 0 Å². The van der Waals surface area contributed by atoms with E-state index in [0.29, 0.717) is 16.9 Å². The van der Waals surface area contributed by atoms with Crippen molar-refractivity contribution in [1.29, 1.82) is 0 Å². The molecule has 0 bridgehead atoms. The summed E-state index contributed by atoms with van der Waals surface area (Å²) in [5.41, 5.74) is 7.43. The quantitative estimate of drug-likeness (QED) is 0.855. The van der Waals surface area contributed by atoms with Crippen LogP contribution < -0.4 is 5.73 Å². The predicted octanol–water partition coefficient (Wildman–Crippen LogP) is 1.89. The molecular formula is C12H16ClN5. The van der Waals surface area contributed by atoms with Crippen molar-refractivity contribution in [2.75, 3.05) is 12.3 Å². The summed E-state index contributed by atoms with van der Waals surface area (Å²) in [7, 11) is 0. The highest BCUT2D eigenvalue weighted by Crippen LogP contribution is 2.25. The van der Waals surface area contributed by atoms with Crippen LogP contribution in [-0.4, -0.2) is 32.0 Å². The molecule has 2 aromatic rings. The third-order valence-electron chi connectivity index (χ3n) is 3.47. The number of hydrogen-bond donors (Lipinski definition) is 1. The van der Waals surface area contributed by atoms with Crippen molar-refractivity contribution in [3.05, 3.63) is 16.9 Å². The van der Waals surface area contributed by atoms with Gasteiger partial charge < -0.3 is 10.3 Å². The van der Waals surface area contributed by atoms with Gasteiger partial charge in [-0.3, -0.25) is 4.90 Å². The summed E-state index contributed by atoms with van der Waals surface area (Å²) in [6.07, 6.45) is 0. The maximum atomic E-state index is 5.98. The van der Waals surface area contributed by atoms with Gasteiger partial charge in [-0.25, -0.2) is 9.97 Å². The van der Waals surface area contributed by atoms with Crippen LogP contribution in [0.4, 0.5) is 5.82 Å². The lowest BCUT2D eigenvalue weighted by Gasteiger charge is -2.30. The molecule has 2 N–H and O–H groups in total. The minimum atomic E-state index is 0.373. The van der Waals surface area contributed by atoms with Crippen molar-refractivity contribution in [3.8, 4) is 0 Å². The fraction of sp³-hybridized carbons (Fsp3) is 0.500. The van der Waals surface area contributed by atoms with Gasteiger partial charge >= 0.3 is 0 Å². The van der Waals surface area contributed by atoms with Crippen LogP contribution >= 0.6 is 11.6 Å². The molecule has 0 atom stereocenters. The average Bonchev–Trinajstić information content (AvgIpc) is 2.66. The lowest BCUT2D eigenvalue weighted by molar-refractivity contribution is 0.175. The first-order valence-electron chi connectivity index (χ1n) is 6.11. The molecule has 0 saturated carbocycles. The molecular weight excluding hydrogens is 250 g/mol. The number of anilines is 1. The second kappa shape index (κ2) is 4.10. The molecule has 96 valence electrons. The van der Waals surface area contributed by atoms with E-state index in [0.717, 1.165) is 36.6 Å². The number of nitrogen functional groups attached to an aromatic ring is 1. The molecule has 1 aliphatic heterocycles. The van der Waals surface area contributed by atoms with Crippen LogP contribution in [0, 0.1) is 0 Å². The Balaban J connectivity index is 2.10. The molecule has 0 radical (unpaired) electrons. The highest BCUT2D eigenvalue weighted by molar-refractivity contribution is 6.33. The van der Waals surface area contributed by atoms with Crippen molar-refractivity contribution in [3.63, 3.8) is 0 Å². The summed E-state index contributed by atoms with van der Waals surface area (Å²) < 4.78 is 2.14. The highest BCUT2D eigenvalue weighted by Gasteiger charge is 2.22. The van der Waals surface area contributed by atoms with Crippen LogP contribution in [0.5, 0.6) is 0 Å². The summed E-state index contributed by atoms with van der Waals surface area (Å²) in [5.74, 6) is 1.41. The molecule has 0 aromatic carbocycles. The fourth-order valence-corrected chi connectivity index (χ4v) is 2.52. The smallest absolute Gasteiger partial charge is 0.162 e. The van der Waals surface area contributed by atoms with Gasteiger partial charge in [0.25, 0.3) is 0 Å². The molecule has 0 spiro atoms. The van der Waals surface area contributed by atoms with E-state index in [2.05, 4.69) is 33.3 Å². The second-order valence-electron chi connectivity index (χ2n) is 4.94. The second-order valence-corrected chi connectivity index (χ2v) is 5.35. The zero-order valence-corrected chi connectivity index (χ0v) is 11.3. The summed E-state index contributed by atoms with van der Waals surface area (Å²) in [6, 6.07) is 2.32. The first-order chi connectivity index (χ1) is 8.56. The number of imidazole rings is 1. The molecule has 6 heteroatoms. The van der Waals surface area contributed by atoms with Crippen LogP contribution in [0.1, 0.15) is 19.7 Å². The third kappa shape index (κ3) is 1.74. The van der Waals surface area contributed by atoms with Gasteiger partial charge in [0.05, 0.1) is 11.6 Å². The zero-order valence-electron chi connectivity index (χ0n) is 10.5. The largest absolute Gasteiger partial charge is 0.382 e. The monoisotopic (exact) mass is 265 g/mol. The molecule has 3 heterocycles. The van der Waals surface area contributed by atoms with Crippen LogP contribution in [0.2, 0.25) is 5.02 Å². The molecule has 0 saturated heterocycles. The molecule has 0 fully saturated rings. The van der Waals surface area contributed by atoms with Crippen molar-refractivity contribution in [1.82, 2.24) is 19.4 Å². The summed E-state index contributed by atoms with van der Waals surface area (Å²) >= 11 is 5.98. The van der Waals surface area contributed by atoms with E-state index >= 15 is 0 Å². The normalized spacial score (nSPS) is 16.4. The lowest BCUT2D eigenvalue weighted by atomic mass is 10.2. The van der Waals surface area contributed by atoms with E-state index in [-0.39, 0.29) is 0 Å². The number of nitrogens with two attached hydrogens (primary N) is 1. The molecule has 3 rings (SSSR count). The van der Waals surface area contributed by atoms with Gasteiger partial charge in [0.2, 0.25) is 0 Å². The third-order valence-corrected chi connectivity index (χ3v) is 3.77. The molecule has 0 unspecified atom stereocenters. The number of rotatable bonds is 1. The first kappa shape index (κ1) is 11.7. The summed E-state index contributed by atoms with van der Waals surface area (Å²) in [5, 5.41) is 0.471. The van der Waals surface area contributed by atoms with Gasteiger partial charge in [0.1, 0.15) is 17.2 Å². The number of pyridine rings is 1. The van der Waals surface area contributed by atoms with E-state index < -0.39 is 0 Å². The first-order valence-corrected chi connectivity index (χ1v) is 6.49. The number of hydrogen-bond acceptors (Lipinski definition) is 4. The molecule has 5 nitrogen and oxygen atoms in total. The van der Waals surface area contributed by atoms with E-state index in [1.165, 1.54) is 0 Å². The number of fused-ring (bicyclic) bond motifs is 3. The molecule has 1 aliphatic rings. The molecule has 0 aliphatic carbocycles. The Labute approximate surface area is 111 Å². The van der Waals surface area contributed by atoms with Gasteiger partial charge in [0.15, 0.2) is 5.65 Å². The summed E-state index contributed by atoms with van der Waals surface area (Å²) in [4.78, 5) is 11.3. The van der Waals surface area contributed by atoms with Crippen LogP contribution in [0.15, 0.2) is 6.07 Å². The van der Waals surface area contributed by atoms with E-state index in [4.69, 9.17) is 17.3 Å². The minimum Gasteiger partial charge on any atom is -0.382 e. The highest BCUT2D eigenvalue weighted by atomic mass is 35.5. The average molecular weight is 266 g/mol. The number of halogens is 1. The standard InChI is InChI=1S/C12H16ClN5/c1-7(2)17-3-4-18-10(6-17)15-9-5-8(13)11(14)16-12(9)18/h5,7H,3-4,6H2,1-2H3,(H2,14,16). The number of aromatic nitrogens is 3. The molecule has 0 amide bonds. The van der Waals surface area contributed by atoms with Gasteiger partial charge in [-0.05, 0) is 19.9 Å². The van der Waals surface area contributed by atoms with Crippen molar-refractivity contribution >= 4 is 28.6 Å². The van der Waals surface area contributed by atoms with Crippen molar-refractivity contribution in [2.24, 2.45) is 0 Å². The fourth-order valence-electron chi connectivity index (χ4n) is 2.37. The summed E-state index contributed by atoms with van der Waals surface area (Å²) in [6.45, 7) is 7.17. The minimum absolute atomic E-state index is 0.373. The maximum absolute atomic E-state index is 5.98. The lowest BCUT2D eigenvalue weighted by Crippen LogP contribution is -2.38. The van der Waals surface area contributed by atoms with Crippen molar-refractivity contribution < 1.29 is 0 Å². The Kier molecular flexibility index (Phi) is 2.68. The van der Waals surface area contributed by atoms with E-state index in [1.807, 2.05) is 0 Å². The molecule has 18 heavy (non-hydrogen) atoms. The zero-order chi connectivity index (χ0) is 12.9. The van der Waals surface area contributed by atoms with Crippen LogP contribution in [-0.2, 0) is 13.1 Å². The van der Waals surface area contributed by atoms with Gasteiger partial charge in [-0.1, -0.05) is 11.6 Å². The predicted molar refractivity (Wildman–Crippen MR) is 72.5 cm³/mol. The maximum Gasteiger partial charge on any atom is 0.162 e. The van der Waals surface area contributed by atoms with Gasteiger partial charge in [-0.15, -0.1) is 0 Å². The Bertz CT molecular complexity index is 604. The van der Waals surface area contributed by atoms with Gasteiger partial charge in [0, 0.05) is 19.1 Å². The Hall–Kier alpha value is -1.33. The van der Waals surface area contributed by atoms with Crippen molar-refractivity contribution in [2.45, 2.75) is 33.0 Å². The Morgan fingerprint density at radius 3 is 2.83 bits per heavy atom. The van der Waals surface area contributed by atoms with Crippen LogP contribution in [0.3, 0.4) is 0 Å². The van der Waals surface area contributed by atoms with E-state index in [9.17, 15) is 0 Å².